The zero-order valence-corrected chi connectivity index (χ0v) is 27.6. The minimum atomic E-state index is 0.640. The molecule has 0 fully saturated rings. The predicted octanol–water partition coefficient (Wildman–Crippen LogP) is 11.9. The molecule has 4 nitrogen and oxygen atoms in total. The lowest BCUT2D eigenvalue weighted by Gasteiger charge is -2.13. The lowest BCUT2D eigenvalue weighted by Crippen LogP contribution is -2.01. The normalized spacial score (nSPS) is 11.5. The van der Waals surface area contributed by atoms with Crippen molar-refractivity contribution in [2.75, 3.05) is 0 Å². The smallest absolute Gasteiger partial charge is 0.164 e. The molecule has 0 aliphatic heterocycles. The second kappa shape index (κ2) is 11.9. The van der Waals surface area contributed by atoms with Gasteiger partial charge in [0, 0.05) is 38.5 Å². The van der Waals surface area contributed by atoms with Gasteiger partial charge in [-0.1, -0.05) is 164 Å². The molecular weight excluding hydrogens is 621 g/mol. The minimum absolute atomic E-state index is 0.640. The Morgan fingerprint density at radius 3 is 1.65 bits per heavy atom. The molecule has 0 bridgehead atoms. The van der Waals surface area contributed by atoms with E-state index in [9.17, 15) is 0 Å². The first kappa shape index (κ1) is 29.0. The van der Waals surface area contributed by atoms with Crippen LogP contribution in [0.3, 0.4) is 0 Å². The van der Waals surface area contributed by atoms with Crippen molar-refractivity contribution >= 4 is 43.4 Å². The van der Waals surface area contributed by atoms with Crippen molar-refractivity contribution < 1.29 is 0 Å². The maximum Gasteiger partial charge on any atom is 0.164 e. The molecule has 238 valence electrons. The topological polar surface area (TPSA) is 43.6 Å². The third-order valence-electron chi connectivity index (χ3n) is 9.85. The van der Waals surface area contributed by atoms with Gasteiger partial charge in [-0.25, -0.2) is 15.0 Å². The van der Waals surface area contributed by atoms with Gasteiger partial charge in [0.15, 0.2) is 17.5 Å². The molecule has 0 unspecified atom stereocenters. The fourth-order valence-corrected chi connectivity index (χ4v) is 7.57. The average molecular weight is 651 g/mol. The van der Waals surface area contributed by atoms with Crippen molar-refractivity contribution in [2.45, 2.75) is 0 Å². The van der Waals surface area contributed by atoms with E-state index in [0.29, 0.717) is 17.5 Å². The van der Waals surface area contributed by atoms with E-state index < -0.39 is 0 Å². The van der Waals surface area contributed by atoms with Crippen LogP contribution < -0.4 is 0 Å². The number of hydrogen-bond acceptors (Lipinski definition) is 3. The SMILES string of the molecule is c1ccc(-c2nc(-c3cccc4c(-c5ccccc5)cccc34)nc(-c3cccc4c3c3ccc5ccccc5c3n4-c3ccccc3)n2)cc1. The van der Waals surface area contributed by atoms with Crippen LogP contribution in [-0.2, 0) is 0 Å². The summed E-state index contributed by atoms with van der Waals surface area (Å²) in [6, 6.07) is 63.8. The third kappa shape index (κ3) is 4.80. The van der Waals surface area contributed by atoms with Gasteiger partial charge in [0.2, 0.25) is 0 Å². The molecule has 51 heavy (non-hydrogen) atoms. The average Bonchev–Trinajstić information content (AvgIpc) is 3.56. The van der Waals surface area contributed by atoms with E-state index in [-0.39, 0.29) is 0 Å². The van der Waals surface area contributed by atoms with Crippen LogP contribution in [0, 0.1) is 0 Å². The van der Waals surface area contributed by atoms with E-state index in [2.05, 4.69) is 168 Å². The second-order valence-electron chi connectivity index (χ2n) is 12.8. The highest BCUT2D eigenvalue weighted by atomic mass is 15.0. The molecule has 0 saturated heterocycles. The first-order valence-corrected chi connectivity index (χ1v) is 17.2. The molecule has 0 radical (unpaired) electrons. The molecule has 10 rings (SSSR count). The number of fused-ring (bicyclic) bond motifs is 6. The largest absolute Gasteiger partial charge is 0.309 e. The molecule has 0 amide bonds. The zero-order chi connectivity index (χ0) is 33.7. The van der Waals surface area contributed by atoms with E-state index >= 15 is 0 Å². The summed E-state index contributed by atoms with van der Waals surface area (Å²) < 4.78 is 2.38. The molecule has 0 spiro atoms. The van der Waals surface area contributed by atoms with Crippen LogP contribution in [0.2, 0.25) is 0 Å². The van der Waals surface area contributed by atoms with Crippen LogP contribution in [0.15, 0.2) is 182 Å². The molecule has 2 aromatic heterocycles. The van der Waals surface area contributed by atoms with Crippen molar-refractivity contribution in [1.29, 1.82) is 0 Å². The summed E-state index contributed by atoms with van der Waals surface area (Å²) in [6.45, 7) is 0. The van der Waals surface area contributed by atoms with E-state index in [1.807, 2.05) is 18.2 Å². The van der Waals surface area contributed by atoms with Crippen LogP contribution in [-0.4, -0.2) is 19.5 Å². The Hall–Kier alpha value is -6.91. The molecular formula is C47H30N4. The lowest BCUT2D eigenvalue weighted by molar-refractivity contribution is 1.08. The van der Waals surface area contributed by atoms with Crippen molar-refractivity contribution in [2.24, 2.45) is 0 Å². The highest BCUT2D eigenvalue weighted by Gasteiger charge is 2.21. The first-order valence-electron chi connectivity index (χ1n) is 17.2. The molecule has 0 aliphatic rings. The van der Waals surface area contributed by atoms with Crippen LogP contribution in [0.4, 0.5) is 0 Å². The van der Waals surface area contributed by atoms with Gasteiger partial charge in [-0.2, -0.15) is 0 Å². The van der Waals surface area contributed by atoms with Gasteiger partial charge in [0.1, 0.15) is 0 Å². The quantitative estimate of drug-likeness (QED) is 0.186. The molecule has 2 heterocycles. The van der Waals surface area contributed by atoms with Gasteiger partial charge in [-0.3, -0.25) is 0 Å². The van der Waals surface area contributed by atoms with Crippen LogP contribution in [0.1, 0.15) is 0 Å². The second-order valence-corrected chi connectivity index (χ2v) is 12.8. The van der Waals surface area contributed by atoms with Crippen LogP contribution in [0.25, 0.3) is 94.3 Å². The summed E-state index contributed by atoms with van der Waals surface area (Å²) in [7, 11) is 0. The Bertz CT molecular complexity index is 2900. The Labute approximate surface area is 295 Å². The van der Waals surface area contributed by atoms with Crippen molar-refractivity contribution in [3.8, 4) is 51.0 Å². The lowest BCUT2D eigenvalue weighted by atomic mass is 9.95. The molecule has 0 saturated carbocycles. The van der Waals surface area contributed by atoms with E-state index in [4.69, 9.17) is 15.0 Å². The predicted molar refractivity (Wildman–Crippen MR) is 211 cm³/mol. The van der Waals surface area contributed by atoms with Gasteiger partial charge in [-0.05, 0) is 45.5 Å². The molecule has 0 atom stereocenters. The monoisotopic (exact) mass is 650 g/mol. The van der Waals surface area contributed by atoms with E-state index in [1.54, 1.807) is 0 Å². The molecule has 0 N–H and O–H groups in total. The van der Waals surface area contributed by atoms with E-state index in [0.717, 1.165) is 49.4 Å². The Balaban J connectivity index is 1.28. The number of para-hydroxylation sites is 1. The summed E-state index contributed by atoms with van der Waals surface area (Å²) in [6.07, 6.45) is 0. The van der Waals surface area contributed by atoms with Crippen molar-refractivity contribution in [1.82, 2.24) is 19.5 Å². The summed E-state index contributed by atoms with van der Waals surface area (Å²) in [5.74, 6) is 1.92. The molecule has 8 aromatic carbocycles. The fraction of sp³-hybridized carbons (Fsp3) is 0. The van der Waals surface area contributed by atoms with Gasteiger partial charge < -0.3 is 4.57 Å². The van der Waals surface area contributed by atoms with Crippen LogP contribution >= 0.6 is 0 Å². The number of benzene rings is 8. The summed E-state index contributed by atoms with van der Waals surface area (Å²) in [4.78, 5) is 15.7. The summed E-state index contributed by atoms with van der Waals surface area (Å²) in [5, 5.41) is 6.93. The first-order chi connectivity index (χ1) is 25.3. The van der Waals surface area contributed by atoms with Gasteiger partial charge in [0.05, 0.1) is 11.0 Å². The summed E-state index contributed by atoms with van der Waals surface area (Å²) >= 11 is 0. The number of aromatic nitrogens is 4. The maximum absolute atomic E-state index is 5.32. The van der Waals surface area contributed by atoms with Crippen molar-refractivity contribution in [3.63, 3.8) is 0 Å². The molecule has 0 aliphatic carbocycles. The highest BCUT2D eigenvalue weighted by Crippen LogP contribution is 2.41. The molecule has 10 aromatic rings. The Morgan fingerprint density at radius 1 is 0.333 bits per heavy atom. The number of nitrogens with zero attached hydrogens (tertiary/aromatic N) is 4. The van der Waals surface area contributed by atoms with Gasteiger partial charge in [0.25, 0.3) is 0 Å². The summed E-state index contributed by atoms with van der Waals surface area (Å²) in [5.41, 5.74) is 8.61. The fourth-order valence-electron chi connectivity index (χ4n) is 7.57. The Kier molecular flexibility index (Phi) is 6.78. The highest BCUT2D eigenvalue weighted by molar-refractivity contribution is 6.22. The van der Waals surface area contributed by atoms with Gasteiger partial charge >= 0.3 is 0 Å². The number of rotatable bonds is 5. The maximum atomic E-state index is 5.32. The molecule has 4 heteroatoms. The van der Waals surface area contributed by atoms with Crippen molar-refractivity contribution in [3.05, 3.63) is 182 Å². The van der Waals surface area contributed by atoms with Crippen LogP contribution in [0.5, 0.6) is 0 Å². The zero-order valence-electron chi connectivity index (χ0n) is 27.6. The Morgan fingerprint density at radius 2 is 0.882 bits per heavy atom. The standard InChI is InChI=1S/C47H30N4/c1-4-15-31(16-5-1)35-23-12-25-38-37(35)24-13-26-39(38)46-48-45(33-18-6-2-7-19-33)49-47(50-46)41-27-14-28-42-43(41)40-30-29-32-17-10-11-22-36(32)44(40)51(42)34-20-8-3-9-21-34/h1-30H. The minimum Gasteiger partial charge on any atom is -0.309 e. The van der Waals surface area contributed by atoms with E-state index in [1.165, 1.54) is 27.4 Å². The van der Waals surface area contributed by atoms with Gasteiger partial charge in [-0.15, -0.1) is 0 Å². The third-order valence-corrected chi connectivity index (χ3v) is 9.85. The number of hydrogen-bond donors (Lipinski definition) is 0.